The molecule has 0 aliphatic heterocycles. The van der Waals surface area contributed by atoms with Crippen molar-refractivity contribution in [2.24, 2.45) is 5.92 Å². The van der Waals surface area contributed by atoms with E-state index in [4.69, 9.17) is 0 Å². The third kappa shape index (κ3) is 3.73. The number of alkyl halides is 3. The van der Waals surface area contributed by atoms with Crippen molar-refractivity contribution in [1.29, 1.82) is 0 Å². The first-order chi connectivity index (χ1) is 13.6. The van der Waals surface area contributed by atoms with Gasteiger partial charge in [-0.25, -0.2) is 22.7 Å². The van der Waals surface area contributed by atoms with Crippen molar-refractivity contribution in [2.75, 3.05) is 12.8 Å². The maximum absolute atomic E-state index is 12.5. The molecule has 4 rings (SSSR count). The van der Waals surface area contributed by atoms with E-state index in [1.54, 1.807) is 18.6 Å². The molecule has 3 unspecified atom stereocenters. The van der Waals surface area contributed by atoms with Crippen molar-refractivity contribution in [1.82, 2.24) is 23.7 Å². The molecule has 1 aliphatic carbocycles. The summed E-state index contributed by atoms with van der Waals surface area (Å²) in [5.74, 6) is -0.730. The van der Waals surface area contributed by atoms with Gasteiger partial charge in [0.15, 0.2) is 11.3 Å². The second-order valence-corrected chi connectivity index (χ2v) is 9.90. The molecule has 0 aromatic carbocycles. The molecule has 1 N–H and O–H groups in total. The van der Waals surface area contributed by atoms with Crippen molar-refractivity contribution in [3.63, 3.8) is 0 Å². The SMILES string of the molecule is CC1CC(N(C)S(=O)(=O)CCC(F)(F)F)CC1c1cnc2cnc3[nH]ccc3n12. The average molecular weight is 429 g/mol. The van der Waals surface area contributed by atoms with E-state index in [1.807, 2.05) is 17.4 Å². The molecule has 3 heterocycles. The standard InChI is InChI=1S/C18H22F3N5O2S/c1-11-7-12(25(2)29(27,28)6-4-18(19,20)21)8-13(11)15-9-23-16-10-24-17-14(26(15)16)3-5-22-17/h3,5,9-13,22H,4,6-8H2,1-2H3. The maximum atomic E-state index is 12.5. The number of hydrogen-bond donors (Lipinski definition) is 1. The Kier molecular flexibility index (Phi) is 4.85. The predicted molar refractivity (Wildman–Crippen MR) is 102 cm³/mol. The summed E-state index contributed by atoms with van der Waals surface area (Å²) < 4.78 is 65.4. The molecule has 7 nitrogen and oxygen atoms in total. The number of H-pyrrole nitrogens is 1. The summed E-state index contributed by atoms with van der Waals surface area (Å²) in [5.41, 5.74) is 3.28. The van der Waals surface area contributed by atoms with Gasteiger partial charge in [0.1, 0.15) is 0 Å². The van der Waals surface area contributed by atoms with Gasteiger partial charge in [-0.3, -0.25) is 4.40 Å². The Balaban J connectivity index is 1.59. The van der Waals surface area contributed by atoms with Crippen LogP contribution in [0.1, 0.15) is 37.8 Å². The van der Waals surface area contributed by atoms with Crippen molar-refractivity contribution in [2.45, 2.75) is 44.3 Å². The van der Waals surface area contributed by atoms with E-state index in [1.165, 1.54) is 7.05 Å². The molecule has 0 saturated heterocycles. The minimum Gasteiger partial charge on any atom is -0.345 e. The monoisotopic (exact) mass is 429 g/mol. The molecule has 0 spiro atoms. The Bertz CT molecular complexity index is 1140. The topological polar surface area (TPSA) is 83.4 Å². The van der Waals surface area contributed by atoms with Crippen LogP contribution in [-0.4, -0.2) is 57.1 Å². The van der Waals surface area contributed by atoms with Crippen molar-refractivity contribution in [3.05, 3.63) is 30.4 Å². The highest BCUT2D eigenvalue weighted by Gasteiger charge is 2.40. The number of imidazole rings is 1. The van der Waals surface area contributed by atoms with Gasteiger partial charge in [-0.05, 0) is 24.8 Å². The van der Waals surface area contributed by atoms with Crippen LogP contribution in [0.3, 0.4) is 0 Å². The molecule has 11 heteroatoms. The van der Waals surface area contributed by atoms with Crippen LogP contribution >= 0.6 is 0 Å². The summed E-state index contributed by atoms with van der Waals surface area (Å²) in [6.07, 6.45) is 0.538. The van der Waals surface area contributed by atoms with Gasteiger partial charge in [0, 0.05) is 37.1 Å². The van der Waals surface area contributed by atoms with Crippen LogP contribution in [0, 0.1) is 5.92 Å². The number of rotatable bonds is 5. The minimum absolute atomic E-state index is 0.0377. The van der Waals surface area contributed by atoms with Crippen molar-refractivity contribution in [3.8, 4) is 0 Å². The second kappa shape index (κ2) is 6.98. The number of aromatic amines is 1. The molecule has 29 heavy (non-hydrogen) atoms. The molecule has 0 amide bonds. The zero-order valence-electron chi connectivity index (χ0n) is 16.0. The highest BCUT2D eigenvalue weighted by atomic mass is 32.2. The van der Waals surface area contributed by atoms with Gasteiger partial charge >= 0.3 is 6.18 Å². The summed E-state index contributed by atoms with van der Waals surface area (Å²) in [6.45, 7) is 2.04. The van der Waals surface area contributed by atoms with Gasteiger partial charge in [0.2, 0.25) is 10.0 Å². The molecule has 3 atom stereocenters. The molecule has 1 fully saturated rings. The minimum atomic E-state index is -4.49. The van der Waals surface area contributed by atoms with Gasteiger partial charge in [-0.1, -0.05) is 6.92 Å². The average Bonchev–Trinajstić information content (AvgIpc) is 3.35. The summed E-state index contributed by atoms with van der Waals surface area (Å²) >= 11 is 0. The molecule has 1 saturated carbocycles. The highest BCUT2D eigenvalue weighted by molar-refractivity contribution is 7.89. The Labute approximate surface area is 166 Å². The van der Waals surface area contributed by atoms with E-state index in [-0.39, 0.29) is 17.9 Å². The van der Waals surface area contributed by atoms with Crippen LogP contribution in [-0.2, 0) is 10.0 Å². The maximum Gasteiger partial charge on any atom is 0.390 e. The molecule has 158 valence electrons. The lowest BCUT2D eigenvalue weighted by molar-refractivity contribution is -0.130. The Hall–Kier alpha value is -2.14. The number of sulfonamides is 1. The Morgan fingerprint density at radius 3 is 2.76 bits per heavy atom. The molecular formula is C18H22F3N5O2S. The van der Waals surface area contributed by atoms with Crippen LogP contribution < -0.4 is 0 Å². The fourth-order valence-electron chi connectivity index (χ4n) is 4.29. The van der Waals surface area contributed by atoms with Crippen LogP contribution in [0.4, 0.5) is 13.2 Å². The molecule has 0 bridgehead atoms. The first-order valence-corrected chi connectivity index (χ1v) is 11.0. The highest BCUT2D eigenvalue weighted by Crippen LogP contribution is 2.42. The van der Waals surface area contributed by atoms with Gasteiger partial charge in [-0.2, -0.15) is 13.2 Å². The molecule has 3 aromatic heterocycles. The van der Waals surface area contributed by atoms with Gasteiger partial charge in [0.25, 0.3) is 0 Å². The number of aromatic nitrogens is 4. The lowest BCUT2D eigenvalue weighted by atomic mass is 9.95. The summed E-state index contributed by atoms with van der Waals surface area (Å²) in [7, 11) is -2.60. The Morgan fingerprint density at radius 2 is 2.03 bits per heavy atom. The fourth-order valence-corrected chi connectivity index (χ4v) is 5.70. The lowest BCUT2D eigenvalue weighted by Gasteiger charge is -2.24. The van der Waals surface area contributed by atoms with E-state index in [0.717, 1.165) is 21.2 Å². The van der Waals surface area contributed by atoms with Gasteiger partial charge < -0.3 is 4.98 Å². The number of nitrogens with one attached hydrogen (secondary N) is 1. The summed E-state index contributed by atoms with van der Waals surface area (Å²) in [6, 6.07) is 1.56. The molecular weight excluding hydrogens is 407 g/mol. The van der Waals surface area contributed by atoms with Gasteiger partial charge in [0.05, 0.1) is 23.9 Å². The van der Waals surface area contributed by atoms with E-state index in [0.29, 0.717) is 18.5 Å². The van der Waals surface area contributed by atoms with E-state index < -0.39 is 28.4 Å². The van der Waals surface area contributed by atoms with E-state index in [9.17, 15) is 21.6 Å². The third-order valence-corrected chi connectivity index (χ3v) is 7.80. The van der Waals surface area contributed by atoms with Crippen molar-refractivity contribution < 1.29 is 21.6 Å². The third-order valence-electron chi connectivity index (χ3n) is 5.90. The van der Waals surface area contributed by atoms with Crippen molar-refractivity contribution >= 4 is 26.8 Å². The van der Waals surface area contributed by atoms with E-state index >= 15 is 0 Å². The summed E-state index contributed by atoms with van der Waals surface area (Å²) in [4.78, 5) is 11.8. The number of hydrogen-bond acceptors (Lipinski definition) is 4. The quantitative estimate of drug-likeness (QED) is 0.675. The Morgan fingerprint density at radius 1 is 1.28 bits per heavy atom. The first kappa shape index (κ1) is 20.1. The smallest absolute Gasteiger partial charge is 0.345 e. The van der Waals surface area contributed by atoms with Crippen LogP contribution in [0.15, 0.2) is 24.7 Å². The lowest BCUT2D eigenvalue weighted by Crippen LogP contribution is -2.38. The van der Waals surface area contributed by atoms with Crippen LogP contribution in [0.2, 0.25) is 0 Å². The second-order valence-electron chi connectivity index (χ2n) is 7.75. The largest absolute Gasteiger partial charge is 0.390 e. The number of nitrogens with zero attached hydrogens (tertiary/aromatic N) is 4. The van der Waals surface area contributed by atoms with Gasteiger partial charge in [-0.15, -0.1) is 0 Å². The number of fused-ring (bicyclic) bond motifs is 3. The van der Waals surface area contributed by atoms with E-state index in [2.05, 4.69) is 15.0 Å². The zero-order valence-corrected chi connectivity index (χ0v) is 16.8. The van der Waals surface area contributed by atoms with Crippen LogP contribution in [0.5, 0.6) is 0 Å². The number of halogens is 3. The molecule has 0 radical (unpaired) electrons. The predicted octanol–water partition coefficient (Wildman–Crippen LogP) is 3.31. The molecule has 3 aromatic rings. The molecule has 1 aliphatic rings. The summed E-state index contributed by atoms with van der Waals surface area (Å²) in [5, 5.41) is 0. The normalized spacial score (nSPS) is 23.6. The first-order valence-electron chi connectivity index (χ1n) is 9.39. The fraction of sp³-hybridized carbons (Fsp3) is 0.556. The van der Waals surface area contributed by atoms with Crippen LogP contribution in [0.25, 0.3) is 16.8 Å². The zero-order chi connectivity index (χ0) is 21.0.